The average molecular weight is 368 g/mol. The van der Waals surface area contributed by atoms with Gasteiger partial charge in [0.1, 0.15) is 47.1 Å². The molecule has 2 aromatic rings. The Hall–Kier alpha value is -2.17. The SMILES string of the molecule is COC1C(CO)OC(Oc2cc(O)c3c(=O)oc(C)cc3c2)C(O)C1O. The van der Waals surface area contributed by atoms with Gasteiger partial charge in [-0.2, -0.15) is 0 Å². The minimum absolute atomic E-state index is 0.000720. The number of aliphatic hydroxyl groups excluding tert-OH is 3. The van der Waals surface area contributed by atoms with Crippen LogP contribution in [-0.2, 0) is 9.47 Å². The fraction of sp³-hybridized carbons (Fsp3) is 0.471. The summed E-state index contributed by atoms with van der Waals surface area (Å²) in [6.07, 6.45) is -5.95. The largest absolute Gasteiger partial charge is 0.507 e. The lowest BCUT2D eigenvalue weighted by atomic mass is 9.99. The second kappa shape index (κ2) is 7.22. The van der Waals surface area contributed by atoms with Gasteiger partial charge in [0.25, 0.3) is 0 Å². The van der Waals surface area contributed by atoms with Crippen molar-refractivity contribution >= 4 is 10.8 Å². The molecule has 1 aromatic heterocycles. The smallest absolute Gasteiger partial charge is 0.347 e. The van der Waals surface area contributed by atoms with Crippen molar-refractivity contribution in [3.63, 3.8) is 0 Å². The second-order valence-electron chi connectivity index (χ2n) is 6.08. The molecule has 1 fully saturated rings. The molecule has 1 aromatic carbocycles. The van der Waals surface area contributed by atoms with E-state index in [-0.39, 0.29) is 16.9 Å². The molecule has 1 saturated heterocycles. The number of methoxy groups -OCH3 is 1. The van der Waals surface area contributed by atoms with Crippen LogP contribution in [-0.4, -0.2) is 64.8 Å². The summed E-state index contributed by atoms with van der Waals surface area (Å²) in [7, 11) is 1.32. The summed E-state index contributed by atoms with van der Waals surface area (Å²) >= 11 is 0. The first-order chi connectivity index (χ1) is 12.3. The van der Waals surface area contributed by atoms with E-state index in [1.807, 2.05) is 0 Å². The molecule has 0 radical (unpaired) electrons. The van der Waals surface area contributed by atoms with E-state index in [4.69, 9.17) is 18.6 Å². The van der Waals surface area contributed by atoms with Crippen molar-refractivity contribution in [1.29, 1.82) is 0 Å². The maximum absolute atomic E-state index is 11.9. The van der Waals surface area contributed by atoms with Crippen LogP contribution in [0.1, 0.15) is 5.76 Å². The zero-order valence-electron chi connectivity index (χ0n) is 14.2. The van der Waals surface area contributed by atoms with Crippen LogP contribution in [0.15, 0.2) is 27.4 Å². The second-order valence-corrected chi connectivity index (χ2v) is 6.08. The lowest BCUT2D eigenvalue weighted by Crippen LogP contribution is -2.60. The first-order valence-electron chi connectivity index (χ1n) is 7.95. The van der Waals surface area contributed by atoms with Gasteiger partial charge in [0.2, 0.25) is 6.29 Å². The van der Waals surface area contributed by atoms with E-state index in [1.54, 1.807) is 13.0 Å². The van der Waals surface area contributed by atoms with Gasteiger partial charge in [-0.1, -0.05) is 0 Å². The Morgan fingerprint density at radius 2 is 1.92 bits per heavy atom. The molecule has 2 heterocycles. The predicted molar refractivity (Wildman–Crippen MR) is 88.1 cm³/mol. The third-order valence-corrected chi connectivity index (χ3v) is 4.28. The summed E-state index contributed by atoms with van der Waals surface area (Å²) < 4.78 is 21.0. The van der Waals surface area contributed by atoms with Crippen molar-refractivity contribution in [3.05, 3.63) is 34.4 Å². The molecule has 1 aliphatic rings. The maximum Gasteiger partial charge on any atom is 0.347 e. The average Bonchev–Trinajstić information content (AvgIpc) is 2.57. The minimum Gasteiger partial charge on any atom is -0.507 e. The standard InChI is InChI=1S/C17H20O9/c1-7-3-8-4-9(5-10(19)12(8)16(22)24-7)25-17-14(21)13(20)15(23-2)11(6-18)26-17/h3-5,11,13-15,17-21H,6H2,1-2H3. The Bertz CT molecular complexity index is 844. The van der Waals surface area contributed by atoms with Crippen LogP contribution in [0.3, 0.4) is 0 Å². The van der Waals surface area contributed by atoms with E-state index in [0.717, 1.165) is 0 Å². The van der Waals surface area contributed by atoms with Crippen LogP contribution < -0.4 is 10.4 Å². The van der Waals surface area contributed by atoms with Crippen LogP contribution in [0.5, 0.6) is 11.5 Å². The highest BCUT2D eigenvalue weighted by atomic mass is 16.7. The van der Waals surface area contributed by atoms with Crippen LogP contribution in [0.25, 0.3) is 10.8 Å². The van der Waals surface area contributed by atoms with E-state index in [2.05, 4.69) is 0 Å². The van der Waals surface area contributed by atoms with Gasteiger partial charge in [0.15, 0.2) is 0 Å². The molecule has 0 saturated carbocycles. The van der Waals surface area contributed by atoms with E-state index < -0.39 is 42.9 Å². The van der Waals surface area contributed by atoms with Gasteiger partial charge in [0, 0.05) is 13.2 Å². The number of benzene rings is 1. The summed E-state index contributed by atoms with van der Waals surface area (Å²) in [6.45, 7) is 1.14. The Balaban J connectivity index is 1.92. The molecule has 9 nitrogen and oxygen atoms in total. The van der Waals surface area contributed by atoms with Crippen molar-refractivity contribution in [2.24, 2.45) is 0 Å². The minimum atomic E-state index is -1.46. The van der Waals surface area contributed by atoms with Crippen LogP contribution in [0.4, 0.5) is 0 Å². The number of phenols is 1. The topological polar surface area (TPSA) is 139 Å². The highest BCUT2D eigenvalue weighted by Gasteiger charge is 2.45. The Labute approximate surface area is 148 Å². The van der Waals surface area contributed by atoms with Crippen molar-refractivity contribution in [1.82, 2.24) is 0 Å². The van der Waals surface area contributed by atoms with Gasteiger partial charge >= 0.3 is 5.63 Å². The maximum atomic E-state index is 11.9. The van der Waals surface area contributed by atoms with Gasteiger partial charge in [0.05, 0.1) is 6.61 Å². The first kappa shape index (κ1) is 18.6. The number of ether oxygens (including phenoxy) is 3. The molecule has 26 heavy (non-hydrogen) atoms. The molecule has 5 unspecified atom stereocenters. The number of aryl methyl sites for hydroxylation is 1. The molecule has 0 bridgehead atoms. The predicted octanol–water partition coefficient (Wildman–Crippen LogP) is -0.360. The van der Waals surface area contributed by atoms with E-state index in [9.17, 15) is 25.2 Å². The summed E-state index contributed by atoms with van der Waals surface area (Å²) in [5.74, 6) is 0.0982. The molecule has 5 atom stereocenters. The molecular formula is C17H20O9. The third kappa shape index (κ3) is 3.27. The fourth-order valence-corrected chi connectivity index (χ4v) is 3.05. The molecule has 3 rings (SSSR count). The fourth-order valence-electron chi connectivity index (χ4n) is 3.05. The molecule has 0 amide bonds. The lowest BCUT2D eigenvalue weighted by molar-refractivity contribution is -0.281. The third-order valence-electron chi connectivity index (χ3n) is 4.28. The van der Waals surface area contributed by atoms with Crippen molar-refractivity contribution in [2.75, 3.05) is 13.7 Å². The van der Waals surface area contributed by atoms with Crippen molar-refractivity contribution in [3.8, 4) is 11.5 Å². The summed E-state index contributed by atoms with van der Waals surface area (Å²) in [4.78, 5) is 11.9. The van der Waals surface area contributed by atoms with Gasteiger partial charge < -0.3 is 39.1 Å². The monoisotopic (exact) mass is 368 g/mol. The number of phenolic OH excluding ortho intramolecular Hbond substituents is 1. The molecule has 9 heteroatoms. The normalized spacial score (nSPS) is 29.0. The molecule has 142 valence electrons. The number of aromatic hydroxyl groups is 1. The van der Waals surface area contributed by atoms with Crippen LogP contribution in [0, 0.1) is 6.92 Å². The molecule has 0 spiro atoms. The van der Waals surface area contributed by atoms with Gasteiger partial charge in [-0.3, -0.25) is 0 Å². The number of fused-ring (bicyclic) bond motifs is 1. The van der Waals surface area contributed by atoms with E-state index in [1.165, 1.54) is 19.2 Å². The highest BCUT2D eigenvalue weighted by molar-refractivity contribution is 5.88. The number of hydrogen-bond donors (Lipinski definition) is 4. The molecule has 4 N–H and O–H groups in total. The van der Waals surface area contributed by atoms with E-state index >= 15 is 0 Å². The zero-order chi connectivity index (χ0) is 19.0. The quantitative estimate of drug-likeness (QED) is 0.570. The van der Waals surface area contributed by atoms with Crippen LogP contribution in [0.2, 0.25) is 0 Å². The number of rotatable bonds is 4. The molecular weight excluding hydrogens is 348 g/mol. The number of aliphatic hydroxyl groups is 3. The highest BCUT2D eigenvalue weighted by Crippen LogP contribution is 2.31. The van der Waals surface area contributed by atoms with Crippen molar-refractivity contribution < 1.29 is 39.1 Å². The summed E-state index contributed by atoms with van der Waals surface area (Å²) in [5, 5.41) is 40.2. The van der Waals surface area contributed by atoms with Gasteiger partial charge in [-0.25, -0.2) is 4.79 Å². The first-order valence-corrected chi connectivity index (χ1v) is 7.95. The van der Waals surface area contributed by atoms with Gasteiger partial charge in [-0.05, 0) is 24.4 Å². The Morgan fingerprint density at radius 3 is 2.58 bits per heavy atom. The molecule has 1 aliphatic heterocycles. The van der Waals surface area contributed by atoms with E-state index in [0.29, 0.717) is 11.1 Å². The Morgan fingerprint density at radius 1 is 1.19 bits per heavy atom. The molecule has 0 aliphatic carbocycles. The van der Waals surface area contributed by atoms with Crippen molar-refractivity contribution in [2.45, 2.75) is 37.6 Å². The summed E-state index contributed by atoms with van der Waals surface area (Å²) in [5.41, 5.74) is -0.684. The number of hydrogen-bond acceptors (Lipinski definition) is 9. The lowest BCUT2D eigenvalue weighted by Gasteiger charge is -2.41. The zero-order valence-corrected chi connectivity index (χ0v) is 14.2. The Kier molecular flexibility index (Phi) is 5.17. The summed E-state index contributed by atoms with van der Waals surface area (Å²) in [6, 6.07) is 4.19. The van der Waals surface area contributed by atoms with Crippen LogP contribution >= 0.6 is 0 Å². The van der Waals surface area contributed by atoms with Gasteiger partial charge in [-0.15, -0.1) is 0 Å².